The highest BCUT2D eigenvalue weighted by atomic mass is 32.2. The second-order valence-corrected chi connectivity index (χ2v) is 9.08. The number of hydrogen-bond acceptors (Lipinski definition) is 6. The van der Waals surface area contributed by atoms with Crippen LogP contribution in [0.5, 0.6) is 17.2 Å². The fourth-order valence-electron chi connectivity index (χ4n) is 3.31. The summed E-state index contributed by atoms with van der Waals surface area (Å²) in [6.45, 7) is 2.49. The quantitative estimate of drug-likeness (QED) is 0.307. The SMILES string of the molecule is COc1ccc(N2C(=O)/C(=C/c3ccc(OCc4ccc(C)cc4)c(OC)c3)SC2=S)cc1. The number of thioether (sulfide) groups is 1. The molecule has 0 atom stereocenters. The zero-order chi connectivity index (χ0) is 23.4. The van der Waals surface area contributed by atoms with Crippen molar-refractivity contribution < 1.29 is 19.0 Å². The van der Waals surface area contributed by atoms with E-state index in [1.54, 1.807) is 26.4 Å². The molecule has 0 unspecified atom stereocenters. The van der Waals surface area contributed by atoms with Crippen LogP contribution >= 0.6 is 24.0 Å². The molecule has 0 aromatic heterocycles. The van der Waals surface area contributed by atoms with E-state index in [4.69, 9.17) is 26.4 Å². The van der Waals surface area contributed by atoms with Crippen molar-refractivity contribution >= 4 is 46.0 Å². The van der Waals surface area contributed by atoms with E-state index in [1.807, 2.05) is 48.5 Å². The number of anilines is 1. The highest BCUT2D eigenvalue weighted by molar-refractivity contribution is 8.27. The van der Waals surface area contributed by atoms with Crippen LogP contribution < -0.4 is 19.1 Å². The predicted octanol–water partition coefficient (Wildman–Crippen LogP) is 6.00. The molecule has 1 amide bonds. The van der Waals surface area contributed by atoms with E-state index in [2.05, 4.69) is 19.1 Å². The van der Waals surface area contributed by atoms with Crippen LogP contribution in [0, 0.1) is 6.92 Å². The molecule has 0 N–H and O–H groups in total. The molecule has 1 aliphatic rings. The number of thiocarbonyl (C=S) groups is 1. The minimum atomic E-state index is -0.158. The first-order chi connectivity index (χ1) is 16.0. The molecular weight excluding hydrogens is 454 g/mol. The first-order valence-corrected chi connectivity index (χ1v) is 11.5. The third kappa shape index (κ3) is 5.21. The number of ether oxygens (including phenoxy) is 3. The van der Waals surface area contributed by atoms with Crippen LogP contribution in [0.3, 0.4) is 0 Å². The largest absolute Gasteiger partial charge is 0.497 e. The van der Waals surface area contributed by atoms with Crippen LogP contribution in [-0.4, -0.2) is 24.4 Å². The standard InChI is InChI=1S/C26H23NO4S2/c1-17-4-6-18(7-5-17)16-31-22-13-8-19(14-23(22)30-3)15-24-25(28)27(26(32)33-24)20-9-11-21(29-2)12-10-20/h4-15H,16H2,1-3H3/b24-15-. The van der Waals surface area contributed by atoms with Crippen molar-refractivity contribution in [1.29, 1.82) is 0 Å². The van der Waals surface area contributed by atoms with Gasteiger partial charge in [-0.25, -0.2) is 0 Å². The normalized spacial score (nSPS) is 14.6. The molecule has 1 saturated heterocycles. The fourth-order valence-corrected chi connectivity index (χ4v) is 4.61. The molecule has 0 spiro atoms. The second-order valence-electron chi connectivity index (χ2n) is 7.40. The minimum absolute atomic E-state index is 0.158. The van der Waals surface area contributed by atoms with Crippen molar-refractivity contribution in [3.05, 3.63) is 88.3 Å². The van der Waals surface area contributed by atoms with E-state index < -0.39 is 0 Å². The summed E-state index contributed by atoms with van der Waals surface area (Å²) in [5.41, 5.74) is 3.82. The highest BCUT2D eigenvalue weighted by Gasteiger charge is 2.33. The third-order valence-electron chi connectivity index (χ3n) is 5.12. The van der Waals surface area contributed by atoms with E-state index >= 15 is 0 Å². The average molecular weight is 478 g/mol. The summed E-state index contributed by atoms with van der Waals surface area (Å²) < 4.78 is 17.2. The van der Waals surface area contributed by atoms with E-state index in [-0.39, 0.29) is 5.91 Å². The molecule has 3 aromatic rings. The number of methoxy groups -OCH3 is 2. The topological polar surface area (TPSA) is 48.0 Å². The Labute approximate surface area is 203 Å². The molecule has 1 aliphatic heterocycles. The summed E-state index contributed by atoms with van der Waals surface area (Å²) in [5, 5.41) is 0. The third-order valence-corrected chi connectivity index (χ3v) is 6.43. The van der Waals surface area contributed by atoms with Gasteiger partial charge in [0, 0.05) is 0 Å². The van der Waals surface area contributed by atoms with Gasteiger partial charge in [0.1, 0.15) is 12.4 Å². The van der Waals surface area contributed by atoms with Gasteiger partial charge in [0.15, 0.2) is 15.8 Å². The maximum Gasteiger partial charge on any atom is 0.270 e. The van der Waals surface area contributed by atoms with Crippen molar-refractivity contribution in [2.24, 2.45) is 0 Å². The summed E-state index contributed by atoms with van der Waals surface area (Å²) in [6.07, 6.45) is 1.81. The molecule has 4 rings (SSSR count). The second kappa shape index (κ2) is 10.1. The Hall–Kier alpha value is -3.29. The summed E-state index contributed by atoms with van der Waals surface area (Å²) >= 11 is 6.74. The number of benzene rings is 3. The van der Waals surface area contributed by atoms with Crippen LogP contribution in [0.15, 0.2) is 71.6 Å². The lowest BCUT2D eigenvalue weighted by Gasteiger charge is -2.14. The van der Waals surface area contributed by atoms with Crippen molar-refractivity contribution in [1.82, 2.24) is 0 Å². The maximum absolute atomic E-state index is 13.0. The first kappa shape index (κ1) is 22.9. The number of rotatable bonds is 7. The van der Waals surface area contributed by atoms with E-state index in [1.165, 1.54) is 22.2 Å². The molecule has 0 saturated carbocycles. The van der Waals surface area contributed by atoms with Gasteiger partial charge in [-0.1, -0.05) is 59.9 Å². The Balaban J connectivity index is 1.51. The summed E-state index contributed by atoms with van der Waals surface area (Å²) in [6, 6.07) is 21.0. The van der Waals surface area contributed by atoms with Crippen molar-refractivity contribution in [3.8, 4) is 17.2 Å². The first-order valence-electron chi connectivity index (χ1n) is 10.3. The molecule has 0 radical (unpaired) electrons. The van der Waals surface area contributed by atoms with Crippen LogP contribution in [0.4, 0.5) is 5.69 Å². The summed E-state index contributed by atoms with van der Waals surface area (Å²) in [4.78, 5) is 15.1. The zero-order valence-electron chi connectivity index (χ0n) is 18.5. The molecule has 1 fully saturated rings. The Kier molecular flexibility index (Phi) is 7.01. The van der Waals surface area contributed by atoms with Gasteiger partial charge in [-0.05, 0) is 60.5 Å². The van der Waals surface area contributed by atoms with Gasteiger partial charge in [0.05, 0.1) is 24.8 Å². The number of hydrogen-bond donors (Lipinski definition) is 0. The number of nitrogens with zero attached hydrogens (tertiary/aromatic N) is 1. The molecular formula is C26H23NO4S2. The lowest BCUT2D eigenvalue weighted by molar-refractivity contribution is -0.113. The van der Waals surface area contributed by atoms with Gasteiger partial charge in [0.25, 0.3) is 5.91 Å². The molecule has 5 nitrogen and oxygen atoms in total. The summed E-state index contributed by atoms with van der Waals surface area (Å²) in [7, 11) is 3.20. The van der Waals surface area contributed by atoms with Crippen molar-refractivity contribution in [2.45, 2.75) is 13.5 Å². The number of aryl methyl sites for hydroxylation is 1. The predicted molar refractivity (Wildman–Crippen MR) is 137 cm³/mol. The van der Waals surface area contributed by atoms with Crippen LogP contribution in [-0.2, 0) is 11.4 Å². The van der Waals surface area contributed by atoms with E-state index in [0.717, 1.165) is 16.9 Å². The fraction of sp³-hybridized carbons (Fsp3) is 0.154. The van der Waals surface area contributed by atoms with Gasteiger partial charge in [-0.3, -0.25) is 9.69 Å². The van der Waals surface area contributed by atoms with E-state index in [0.29, 0.717) is 33.0 Å². The van der Waals surface area contributed by atoms with Crippen LogP contribution in [0.2, 0.25) is 0 Å². The van der Waals surface area contributed by atoms with Crippen molar-refractivity contribution in [3.63, 3.8) is 0 Å². The van der Waals surface area contributed by atoms with Gasteiger partial charge < -0.3 is 14.2 Å². The molecule has 3 aromatic carbocycles. The van der Waals surface area contributed by atoms with Gasteiger partial charge >= 0.3 is 0 Å². The molecule has 1 heterocycles. The minimum Gasteiger partial charge on any atom is -0.497 e. The lowest BCUT2D eigenvalue weighted by Crippen LogP contribution is -2.27. The Morgan fingerprint density at radius 1 is 0.939 bits per heavy atom. The molecule has 168 valence electrons. The van der Waals surface area contributed by atoms with Crippen LogP contribution in [0.1, 0.15) is 16.7 Å². The molecule has 7 heteroatoms. The number of amides is 1. The average Bonchev–Trinajstić information content (AvgIpc) is 3.11. The number of carbonyl (C=O) groups excluding carboxylic acids is 1. The van der Waals surface area contributed by atoms with E-state index in [9.17, 15) is 4.79 Å². The van der Waals surface area contributed by atoms with Gasteiger partial charge in [-0.2, -0.15) is 0 Å². The monoisotopic (exact) mass is 477 g/mol. The van der Waals surface area contributed by atoms with Crippen molar-refractivity contribution in [2.75, 3.05) is 19.1 Å². The lowest BCUT2D eigenvalue weighted by atomic mass is 10.1. The molecule has 33 heavy (non-hydrogen) atoms. The maximum atomic E-state index is 13.0. The van der Waals surface area contributed by atoms with Crippen LogP contribution in [0.25, 0.3) is 6.08 Å². The molecule has 0 aliphatic carbocycles. The molecule has 0 bridgehead atoms. The smallest absolute Gasteiger partial charge is 0.270 e. The highest BCUT2D eigenvalue weighted by Crippen LogP contribution is 2.37. The Morgan fingerprint density at radius 2 is 1.67 bits per heavy atom. The number of carbonyl (C=O) groups is 1. The summed E-state index contributed by atoms with van der Waals surface area (Å²) in [5.74, 6) is 1.80. The Morgan fingerprint density at radius 3 is 2.33 bits per heavy atom. The van der Waals surface area contributed by atoms with Gasteiger partial charge in [0.2, 0.25) is 0 Å². The van der Waals surface area contributed by atoms with Gasteiger partial charge in [-0.15, -0.1) is 0 Å². The Bertz CT molecular complexity index is 1200. The zero-order valence-corrected chi connectivity index (χ0v) is 20.2.